The summed E-state index contributed by atoms with van der Waals surface area (Å²) in [4.78, 5) is 2.12. The van der Waals surface area contributed by atoms with E-state index in [9.17, 15) is 0 Å². The van der Waals surface area contributed by atoms with E-state index in [0.29, 0.717) is 6.61 Å². The van der Waals surface area contributed by atoms with Crippen molar-refractivity contribution in [2.75, 3.05) is 27.2 Å². The lowest BCUT2D eigenvalue weighted by molar-refractivity contribution is 0.261. The highest BCUT2D eigenvalue weighted by atomic mass is 79.9. The monoisotopic (exact) mass is 449 g/mol. The summed E-state index contributed by atoms with van der Waals surface area (Å²) in [6, 6.07) is 27.7. The first-order valence-corrected chi connectivity index (χ1v) is 10.8. The van der Waals surface area contributed by atoms with Crippen molar-refractivity contribution >= 4 is 27.1 Å². The molecule has 0 atom stereocenters. The second kappa shape index (κ2) is 10.4. The summed E-state index contributed by atoms with van der Waals surface area (Å²) in [5, 5.41) is 0. The number of hydrogen-bond acceptors (Lipinski definition) is 2. The van der Waals surface area contributed by atoms with Crippen LogP contribution in [0.15, 0.2) is 83.3 Å². The molecule has 0 unspecified atom stereocenters. The first-order valence-electron chi connectivity index (χ1n) is 10.0. The fourth-order valence-electron chi connectivity index (χ4n) is 3.36. The summed E-state index contributed by atoms with van der Waals surface area (Å²) >= 11 is 3.55. The molecule has 0 spiro atoms. The fourth-order valence-corrected chi connectivity index (χ4v) is 3.62. The number of benzene rings is 3. The van der Waals surface area contributed by atoms with Gasteiger partial charge >= 0.3 is 0 Å². The van der Waals surface area contributed by atoms with Crippen molar-refractivity contribution < 1.29 is 4.74 Å². The number of rotatable bonds is 8. The number of allylic oxidation sites excluding steroid dienone is 1. The molecule has 3 aromatic rings. The molecule has 0 bridgehead atoms. The first-order chi connectivity index (χ1) is 14.1. The van der Waals surface area contributed by atoms with E-state index in [1.54, 1.807) is 0 Å². The van der Waals surface area contributed by atoms with E-state index in [4.69, 9.17) is 4.74 Å². The molecule has 3 aromatic carbocycles. The van der Waals surface area contributed by atoms with Crippen LogP contribution in [0.25, 0.3) is 11.1 Å². The number of likely N-dealkylation sites (N-methyl/N-ethyl adjacent to an activating group) is 1. The van der Waals surface area contributed by atoms with Gasteiger partial charge in [-0.2, -0.15) is 0 Å². The van der Waals surface area contributed by atoms with Crippen molar-refractivity contribution in [1.29, 1.82) is 0 Å². The zero-order chi connectivity index (χ0) is 20.6. The summed E-state index contributed by atoms with van der Waals surface area (Å²) in [5.74, 6) is 0.907. The molecule has 0 fully saturated rings. The van der Waals surface area contributed by atoms with Gasteiger partial charge in [-0.05, 0) is 72.6 Å². The van der Waals surface area contributed by atoms with Gasteiger partial charge in [-0.25, -0.2) is 0 Å². The predicted molar refractivity (Wildman–Crippen MR) is 127 cm³/mol. The maximum atomic E-state index is 5.88. The third-order valence-corrected chi connectivity index (χ3v) is 5.39. The molecule has 0 saturated carbocycles. The second-order valence-corrected chi connectivity index (χ2v) is 8.17. The minimum Gasteiger partial charge on any atom is -0.492 e. The van der Waals surface area contributed by atoms with E-state index in [1.807, 2.05) is 0 Å². The van der Waals surface area contributed by atoms with E-state index in [1.165, 1.54) is 27.8 Å². The molecular formula is C26H28BrNO. The average Bonchev–Trinajstić information content (AvgIpc) is 2.74. The van der Waals surface area contributed by atoms with E-state index in [2.05, 4.69) is 121 Å². The Kier molecular flexibility index (Phi) is 7.68. The Morgan fingerprint density at radius 1 is 0.793 bits per heavy atom. The third-order valence-electron chi connectivity index (χ3n) is 4.86. The molecule has 0 saturated heterocycles. The predicted octanol–water partition coefficient (Wildman–Crippen LogP) is 6.76. The Morgan fingerprint density at radius 3 is 1.97 bits per heavy atom. The molecule has 0 amide bonds. The molecular weight excluding hydrogens is 422 g/mol. The quantitative estimate of drug-likeness (QED) is 0.352. The van der Waals surface area contributed by atoms with Crippen LogP contribution in [0.2, 0.25) is 0 Å². The SMILES string of the molecule is CC/C(=C(\c1ccccc1)c1ccc(OCCN(C)C)cc1)c1ccc(Br)cc1. The zero-order valence-electron chi connectivity index (χ0n) is 17.4. The number of nitrogens with zero attached hydrogens (tertiary/aromatic N) is 1. The lowest BCUT2D eigenvalue weighted by Crippen LogP contribution is -2.19. The number of ether oxygens (including phenoxy) is 1. The molecule has 0 aromatic heterocycles. The third kappa shape index (κ3) is 5.81. The first kappa shape index (κ1) is 21.4. The van der Waals surface area contributed by atoms with Crippen LogP contribution < -0.4 is 4.74 Å². The van der Waals surface area contributed by atoms with Crippen LogP contribution in [-0.2, 0) is 0 Å². The Labute approximate surface area is 183 Å². The van der Waals surface area contributed by atoms with Gasteiger partial charge in [0.05, 0.1) is 0 Å². The molecule has 0 heterocycles. The molecule has 0 aliphatic rings. The van der Waals surface area contributed by atoms with Crippen molar-refractivity contribution in [3.05, 3.63) is 100 Å². The smallest absolute Gasteiger partial charge is 0.119 e. The maximum Gasteiger partial charge on any atom is 0.119 e. The van der Waals surface area contributed by atoms with Gasteiger partial charge in [0.25, 0.3) is 0 Å². The second-order valence-electron chi connectivity index (χ2n) is 7.26. The van der Waals surface area contributed by atoms with Crippen molar-refractivity contribution in [2.45, 2.75) is 13.3 Å². The van der Waals surface area contributed by atoms with Gasteiger partial charge in [0.1, 0.15) is 12.4 Å². The number of halogens is 1. The lowest BCUT2D eigenvalue weighted by atomic mass is 9.88. The minimum absolute atomic E-state index is 0.687. The molecule has 150 valence electrons. The van der Waals surface area contributed by atoms with E-state index in [-0.39, 0.29) is 0 Å². The Balaban J connectivity index is 2.01. The van der Waals surface area contributed by atoms with Crippen molar-refractivity contribution in [3.63, 3.8) is 0 Å². The fraction of sp³-hybridized carbons (Fsp3) is 0.231. The molecule has 0 aliphatic carbocycles. The highest BCUT2D eigenvalue weighted by molar-refractivity contribution is 9.10. The molecule has 2 nitrogen and oxygen atoms in total. The van der Waals surface area contributed by atoms with Crippen molar-refractivity contribution in [1.82, 2.24) is 4.90 Å². The summed E-state index contributed by atoms with van der Waals surface area (Å²) in [5.41, 5.74) is 6.30. The summed E-state index contributed by atoms with van der Waals surface area (Å²) in [7, 11) is 4.11. The van der Waals surface area contributed by atoms with Gasteiger partial charge in [-0.3, -0.25) is 0 Å². The highest BCUT2D eigenvalue weighted by Crippen LogP contribution is 2.35. The molecule has 3 heteroatoms. The Morgan fingerprint density at radius 2 is 1.38 bits per heavy atom. The van der Waals surface area contributed by atoms with Gasteiger partial charge in [0.2, 0.25) is 0 Å². The Bertz CT molecular complexity index is 929. The summed E-state index contributed by atoms with van der Waals surface area (Å²) < 4.78 is 6.97. The molecule has 0 radical (unpaired) electrons. The van der Waals surface area contributed by atoms with Gasteiger partial charge < -0.3 is 9.64 Å². The number of hydrogen-bond donors (Lipinski definition) is 0. The van der Waals surface area contributed by atoms with E-state index < -0.39 is 0 Å². The van der Waals surface area contributed by atoms with Crippen LogP contribution >= 0.6 is 15.9 Å². The lowest BCUT2D eigenvalue weighted by Gasteiger charge is -2.17. The normalized spacial score (nSPS) is 12.0. The zero-order valence-corrected chi connectivity index (χ0v) is 18.9. The van der Waals surface area contributed by atoms with Crippen LogP contribution in [0.4, 0.5) is 0 Å². The van der Waals surface area contributed by atoms with E-state index >= 15 is 0 Å². The van der Waals surface area contributed by atoms with Crippen LogP contribution in [0.1, 0.15) is 30.0 Å². The minimum atomic E-state index is 0.687. The standard InChI is InChI=1S/C26H28BrNO/c1-4-25(20-10-14-23(27)15-11-20)26(21-8-6-5-7-9-21)22-12-16-24(17-13-22)29-19-18-28(2)3/h5-17H,4,18-19H2,1-3H3/b26-25-. The summed E-state index contributed by atoms with van der Waals surface area (Å²) in [6.45, 7) is 3.81. The average molecular weight is 450 g/mol. The van der Waals surface area contributed by atoms with Crippen LogP contribution in [0.5, 0.6) is 5.75 Å². The van der Waals surface area contributed by atoms with Crippen LogP contribution in [0, 0.1) is 0 Å². The summed E-state index contributed by atoms with van der Waals surface area (Å²) in [6.07, 6.45) is 0.951. The van der Waals surface area contributed by atoms with Crippen molar-refractivity contribution in [2.24, 2.45) is 0 Å². The largest absolute Gasteiger partial charge is 0.492 e. The van der Waals surface area contributed by atoms with Crippen LogP contribution in [0.3, 0.4) is 0 Å². The molecule has 29 heavy (non-hydrogen) atoms. The topological polar surface area (TPSA) is 12.5 Å². The highest BCUT2D eigenvalue weighted by Gasteiger charge is 2.13. The van der Waals surface area contributed by atoms with Crippen molar-refractivity contribution in [3.8, 4) is 5.75 Å². The van der Waals surface area contributed by atoms with Gasteiger partial charge in [-0.1, -0.05) is 77.5 Å². The molecule has 3 rings (SSSR count). The molecule has 0 N–H and O–H groups in total. The van der Waals surface area contributed by atoms with Crippen LogP contribution in [-0.4, -0.2) is 32.1 Å². The van der Waals surface area contributed by atoms with Gasteiger partial charge in [-0.15, -0.1) is 0 Å². The maximum absolute atomic E-state index is 5.88. The Hall–Kier alpha value is -2.36. The van der Waals surface area contributed by atoms with Gasteiger partial charge in [0.15, 0.2) is 0 Å². The van der Waals surface area contributed by atoms with E-state index in [0.717, 1.165) is 23.2 Å². The van der Waals surface area contributed by atoms with Gasteiger partial charge in [0, 0.05) is 11.0 Å². The molecule has 0 aliphatic heterocycles.